The number of nitrogens with zero attached hydrogens (tertiary/aromatic N) is 2. The third-order valence-corrected chi connectivity index (χ3v) is 3.50. The number of hydrogen-bond acceptors (Lipinski definition) is 3. The molecule has 0 aliphatic heterocycles. The molecule has 0 atom stereocenters. The minimum absolute atomic E-state index is 0.324. The molecule has 2 N–H and O–H groups in total. The summed E-state index contributed by atoms with van der Waals surface area (Å²) in [5.41, 5.74) is 0.0958. The maximum absolute atomic E-state index is 14.0. The second-order valence-corrected chi connectivity index (χ2v) is 4.71. The number of halogens is 2. The van der Waals surface area contributed by atoms with Crippen molar-refractivity contribution in [1.29, 1.82) is 5.26 Å². The summed E-state index contributed by atoms with van der Waals surface area (Å²) in [6, 6.07) is 3.05. The molecule has 0 saturated carbocycles. The molecule has 2 aromatic rings. The summed E-state index contributed by atoms with van der Waals surface area (Å²) in [6.45, 7) is 0. The van der Waals surface area contributed by atoms with Crippen molar-refractivity contribution >= 4 is 6.08 Å². The quantitative estimate of drug-likeness (QED) is 0.847. The molecule has 1 aliphatic rings. The molecule has 6 heteroatoms. The zero-order valence-corrected chi connectivity index (χ0v) is 10.8. The van der Waals surface area contributed by atoms with E-state index in [1.807, 2.05) is 6.08 Å². The summed E-state index contributed by atoms with van der Waals surface area (Å²) in [4.78, 5) is 0. The highest BCUT2D eigenvalue weighted by molar-refractivity contribution is 5.68. The van der Waals surface area contributed by atoms with Crippen molar-refractivity contribution in [3.05, 3.63) is 46.5 Å². The molecule has 1 aliphatic carbocycles. The van der Waals surface area contributed by atoms with E-state index in [4.69, 9.17) is 5.26 Å². The number of benzene rings is 1. The molecule has 0 unspecified atom stereocenters. The van der Waals surface area contributed by atoms with Crippen molar-refractivity contribution in [2.45, 2.75) is 12.8 Å². The Labute approximate surface area is 118 Å². The Morgan fingerprint density at radius 2 is 1.90 bits per heavy atom. The third-order valence-electron chi connectivity index (χ3n) is 3.50. The monoisotopic (exact) mass is 288 g/mol. The molecule has 4 nitrogen and oxygen atoms in total. The summed E-state index contributed by atoms with van der Waals surface area (Å²) in [7, 11) is 0. The fourth-order valence-corrected chi connectivity index (χ4v) is 2.48. The highest BCUT2D eigenvalue weighted by atomic mass is 19.1. The zero-order chi connectivity index (χ0) is 15.1. The number of rotatable bonds is 1. The maximum atomic E-state index is 14.0. The average Bonchev–Trinajstić information content (AvgIpc) is 2.74. The first-order chi connectivity index (χ1) is 10.0. The van der Waals surface area contributed by atoms with Crippen LogP contribution in [0.2, 0.25) is 0 Å². The van der Waals surface area contributed by atoms with Gasteiger partial charge in [0.2, 0.25) is 11.8 Å². The molecule has 21 heavy (non-hydrogen) atoms. The molecule has 1 heterocycles. The maximum Gasteiger partial charge on any atom is 0.206 e. The van der Waals surface area contributed by atoms with E-state index in [1.54, 1.807) is 6.08 Å². The minimum Gasteiger partial charge on any atom is -0.494 e. The van der Waals surface area contributed by atoms with E-state index >= 15 is 0 Å². The number of aromatic hydroxyl groups is 2. The molecule has 1 aromatic carbocycles. The van der Waals surface area contributed by atoms with Crippen LogP contribution in [0.3, 0.4) is 0 Å². The van der Waals surface area contributed by atoms with Crippen LogP contribution >= 0.6 is 0 Å². The fourth-order valence-electron chi connectivity index (χ4n) is 2.48. The molecule has 0 saturated heterocycles. The van der Waals surface area contributed by atoms with Crippen LogP contribution in [-0.2, 0) is 6.42 Å². The summed E-state index contributed by atoms with van der Waals surface area (Å²) in [5, 5.41) is 29.0. The lowest BCUT2D eigenvalue weighted by Crippen LogP contribution is -2.00. The summed E-state index contributed by atoms with van der Waals surface area (Å²) in [6.07, 6.45) is 4.64. The van der Waals surface area contributed by atoms with Gasteiger partial charge >= 0.3 is 0 Å². The van der Waals surface area contributed by atoms with Crippen molar-refractivity contribution in [2.75, 3.05) is 0 Å². The molecule has 0 bridgehead atoms. The lowest BCUT2D eigenvalue weighted by Gasteiger charge is -2.09. The highest BCUT2D eigenvalue weighted by Gasteiger charge is 2.25. The Kier molecular flexibility index (Phi) is 2.91. The number of fused-ring (bicyclic) bond motifs is 1. The molecule has 3 rings (SSSR count). The summed E-state index contributed by atoms with van der Waals surface area (Å²) >= 11 is 0. The van der Waals surface area contributed by atoms with Crippen molar-refractivity contribution in [3.63, 3.8) is 0 Å². The molecular formula is C15H10F2N2O2. The lowest BCUT2D eigenvalue weighted by atomic mass is 10.0. The van der Waals surface area contributed by atoms with Crippen LogP contribution in [0.15, 0.2) is 18.2 Å². The van der Waals surface area contributed by atoms with Gasteiger partial charge in [0.05, 0.1) is 11.3 Å². The van der Waals surface area contributed by atoms with Crippen molar-refractivity contribution in [3.8, 4) is 23.5 Å². The topological polar surface area (TPSA) is 69.2 Å². The van der Waals surface area contributed by atoms with Crippen LogP contribution in [0.1, 0.15) is 23.1 Å². The Morgan fingerprint density at radius 3 is 2.57 bits per heavy atom. The first kappa shape index (κ1) is 13.2. The van der Waals surface area contributed by atoms with E-state index in [0.29, 0.717) is 24.0 Å². The van der Waals surface area contributed by atoms with Crippen LogP contribution in [0.25, 0.3) is 11.8 Å². The zero-order valence-electron chi connectivity index (χ0n) is 10.8. The predicted octanol–water partition coefficient (Wildman–Crippen LogP) is 3.00. The lowest BCUT2D eigenvalue weighted by molar-refractivity contribution is 0.396. The van der Waals surface area contributed by atoms with Gasteiger partial charge in [-0.15, -0.1) is 0 Å². The van der Waals surface area contributed by atoms with Crippen molar-refractivity contribution in [1.82, 2.24) is 4.57 Å². The van der Waals surface area contributed by atoms with E-state index < -0.39 is 17.2 Å². The highest BCUT2D eigenvalue weighted by Crippen LogP contribution is 2.40. The summed E-state index contributed by atoms with van der Waals surface area (Å²) in [5.74, 6) is -2.51. The first-order valence-corrected chi connectivity index (χ1v) is 6.26. The van der Waals surface area contributed by atoms with Gasteiger partial charge in [-0.1, -0.05) is 12.2 Å². The molecule has 106 valence electrons. The molecular weight excluding hydrogens is 278 g/mol. The van der Waals surface area contributed by atoms with Gasteiger partial charge < -0.3 is 10.2 Å². The van der Waals surface area contributed by atoms with Crippen LogP contribution in [0, 0.1) is 23.0 Å². The van der Waals surface area contributed by atoms with Crippen LogP contribution in [0.4, 0.5) is 8.78 Å². The Morgan fingerprint density at radius 1 is 1.14 bits per heavy atom. The van der Waals surface area contributed by atoms with E-state index in [1.165, 1.54) is 6.07 Å². The SMILES string of the molecule is N#Cc1cc(F)c(-n2c(O)c3c(c2O)CCC=C3)cc1F. The Hall–Kier alpha value is -2.81. The number of allylic oxidation sites excluding steroid dienone is 1. The van der Waals surface area contributed by atoms with Crippen LogP contribution < -0.4 is 0 Å². The van der Waals surface area contributed by atoms with Gasteiger partial charge in [-0.3, -0.25) is 0 Å². The van der Waals surface area contributed by atoms with E-state index in [9.17, 15) is 19.0 Å². The van der Waals surface area contributed by atoms with E-state index in [0.717, 1.165) is 16.7 Å². The van der Waals surface area contributed by atoms with E-state index in [2.05, 4.69) is 0 Å². The Balaban J connectivity index is 2.28. The number of hydrogen-bond donors (Lipinski definition) is 2. The smallest absolute Gasteiger partial charge is 0.206 e. The minimum atomic E-state index is -0.921. The third kappa shape index (κ3) is 1.86. The van der Waals surface area contributed by atoms with Gasteiger partial charge in [-0.05, 0) is 18.9 Å². The van der Waals surface area contributed by atoms with Crippen molar-refractivity contribution in [2.24, 2.45) is 0 Å². The average molecular weight is 288 g/mol. The van der Waals surface area contributed by atoms with Gasteiger partial charge in [0.1, 0.15) is 17.7 Å². The molecule has 0 radical (unpaired) electrons. The van der Waals surface area contributed by atoms with Crippen LogP contribution in [0.5, 0.6) is 11.8 Å². The van der Waals surface area contributed by atoms with Gasteiger partial charge in [-0.2, -0.15) is 5.26 Å². The van der Waals surface area contributed by atoms with E-state index in [-0.39, 0.29) is 17.4 Å². The second-order valence-electron chi connectivity index (χ2n) is 4.71. The number of aromatic nitrogens is 1. The first-order valence-electron chi connectivity index (χ1n) is 6.26. The largest absolute Gasteiger partial charge is 0.494 e. The second kappa shape index (κ2) is 4.63. The van der Waals surface area contributed by atoms with Gasteiger partial charge in [0, 0.05) is 17.2 Å². The standard InChI is InChI=1S/C15H10F2N2O2/c16-11-6-13(12(17)5-8(11)7-18)19-14(20)9-3-1-2-4-10(9)15(19)21/h1,3,5-6,20-21H,2,4H2. The van der Waals surface area contributed by atoms with Gasteiger partial charge in [0.15, 0.2) is 0 Å². The normalized spacial score (nSPS) is 13.0. The fraction of sp³-hybridized carbons (Fsp3) is 0.133. The van der Waals surface area contributed by atoms with Gasteiger partial charge in [0.25, 0.3) is 0 Å². The van der Waals surface area contributed by atoms with Crippen LogP contribution in [-0.4, -0.2) is 14.8 Å². The Bertz CT molecular complexity index is 816. The summed E-state index contributed by atoms with van der Waals surface area (Å²) < 4.78 is 28.6. The van der Waals surface area contributed by atoms with Gasteiger partial charge in [-0.25, -0.2) is 13.3 Å². The molecule has 1 aromatic heterocycles. The molecule has 0 fully saturated rings. The van der Waals surface area contributed by atoms with Crippen molar-refractivity contribution < 1.29 is 19.0 Å². The number of nitriles is 1. The molecule has 0 spiro atoms. The molecule has 0 amide bonds. The predicted molar refractivity (Wildman–Crippen MR) is 71.1 cm³/mol.